The van der Waals surface area contributed by atoms with Gasteiger partial charge in [-0.3, -0.25) is 4.79 Å². The van der Waals surface area contributed by atoms with Crippen molar-refractivity contribution in [2.45, 2.75) is 39.5 Å². The Hall–Kier alpha value is -0.170. The summed E-state index contributed by atoms with van der Waals surface area (Å²) in [6.45, 7) is 7.66. The molecule has 124 valence electrons. The average Bonchev–Trinajstić information content (AvgIpc) is 2.49. The minimum Gasteiger partial charge on any atom is -0.370 e. The Kier molecular flexibility index (Phi) is 17.7. The maximum absolute atomic E-state index is 11.5. The summed E-state index contributed by atoms with van der Waals surface area (Å²) in [4.78, 5) is 11.5. The molecule has 0 unspecified atom stereocenters. The van der Waals surface area contributed by atoms with Crippen molar-refractivity contribution in [2.24, 2.45) is 0 Å². The molecule has 0 saturated heterocycles. The van der Waals surface area contributed by atoms with Crippen LogP contribution in [-0.4, -0.2) is 43.8 Å². The molecular weight excluding hydrogens is 304 g/mol. The Morgan fingerprint density at radius 1 is 1.19 bits per heavy atom. The molecule has 0 aliphatic carbocycles. The van der Waals surface area contributed by atoms with Crippen molar-refractivity contribution < 1.29 is 9.53 Å². The second-order valence-electron chi connectivity index (χ2n) is 4.46. The summed E-state index contributed by atoms with van der Waals surface area (Å²) >= 11 is 0. The summed E-state index contributed by atoms with van der Waals surface area (Å²) in [6.07, 6.45) is 7.49. The number of unbranched alkanes of at least 4 members (excludes halogenated alkanes) is 1. The normalized spacial score (nSPS) is 11.1. The number of allylic oxidation sites excluding steroid dienone is 1. The quantitative estimate of drug-likeness (QED) is 0.208. The van der Waals surface area contributed by atoms with Crippen molar-refractivity contribution >= 4 is 27.5 Å². The summed E-state index contributed by atoms with van der Waals surface area (Å²) in [5, 5.41) is 6.16. The van der Waals surface area contributed by atoms with E-state index in [2.05, 4.69) is 30.6 Å². The van der Waals surface area contributed by atoms with E-state index in [1.807, 2.05) is 16.9 Å². The first kappa shape index (κ1) is 20.8. The van der Waals surface area contributed by atoms with Crippen LogP contribution in [0.15, 0.2) is 12.2 Å². The molecule has 0 aromatic rings. The monoisotopic (exact) mass is 334 g/mol. The fraction of sp³-hybridized carbons (Fsp3) is 0.800. The number of amides is 1. The van der Waals surface area contributed by atoms with E-state index in [1.54, 1.807) is 10.8 Å². The van der Waals surface area contributed by atoms with Crippen LogP contribution in [0.4, 0.5) is 0 Å². The van der Waals surface area contributed by atoms with Gasteiger partial charge in [-0.1, -0.05) is 47.6 Å². The molecular formula is C15H30N2O2S2. The standard InChI is InChI=1S/C15H30N2O2S2/c1-3-5-7-10-17-15(18)9-6-8-12-19-14-21-20-13-11-16-4-2/h5,7,16H,3-4,6,8-14H2,1-2H3,(H,17,18)/b7-5+. The fourth-order valence-corrected chi connectivity index (χ4v) is 3.09. The van der Waals surface area contributed by atoms with Gasteiger partial charge in [0.25, 0.3) is 0 Å². The van der Waals surface area contributed by atoms with Crippen LogP contribution in [0.2, 0.25) is 0 Å². The van der Waals surface area contributed by atoms with E-state index in [1.165, 1.54) is 0 Å². The topological polar surface area (TPSA) is 50.4 Å². The van der Waals surface area contributed by atoms with Gasteiger partial charge in [-0.15, -0.1) is 0 Å². The number of hydrogen-bond donors (Lipinski definition) is 2. The summed E-state index contributed by atoms with van der Waals surface area (Å²) in [5.41, 5.74) is 0. The summed E-state index contributed by atoms with van der Waals surface area (Å²) < 4.78 is 5.51. The van der Waals surface area contributed by atoms with Crippen molar-refractivity contribution in [1.29, 1.82) is 0 Å². The zero-order valence-corrected chi connectivity index (χ0v) is 15.0. The summed E-state index contributed by atoms with van der Waals surface area (Å²) in [6, 6.07) is 0. The van der Waals surface area contributed by atoms with Crippen molar-refractivity contribution in [3.05, 3.63) is 12.2 Å². The molecule has 0 radical (unpaired) electrons. The number of carbonyl (C=O) groups is 1. The molecule has 0 aliphatic heterocycles. The van der Waals surface area contributed by atoms with E-state index in [-0.39, 0.29) is 5.91 Å². The lowest BCUT2D eigenvalue weighted by atomic mass is 10.2. The molecule has 0 aromatic heterocycles. The summed E-state index contributed by atoms with van der Waals surface area (Å²) in [5.74, 6) is 1.96. The fourth-order valence-electron chi connectivity index (χ4n) is 1.48. The Morgan fingerprint density at radius 2 is 2.05 bits per heavy atom. The third kappa shape index (κ3) is 17.8. The van der Waals surface area contributed by atoms with Gasteiger partial charge in [-0.05, 0) is 25.8 Å². The van der Waals surface area contributed by atoms with Crippen LogP contribution in [0, 0.1) is 0 Å². The molecule has 1 amide bonds. The lowest BCUT2D eigenvalue weighted by Crippen LogP contribution is -2.22. The highest BCUT2D eigenvalue weighted by molar-refractivity contribution is 8.76. The molecule has 0 bridgehead atoms. The molecule has 0 heterocycles. The second kappa shape index (κ2) is 17.9. The van der Waals surface area contributed by atoms with Crippen LogP contribution in [0.3, 0.4) is 0 Å². The number of carbonyl (C=O) groups excluding carboxylic acids is 1. The zero-order chi connectivity index (χ0) is 15.6. The molecule has 21 heavy (non-hydrogen) atoms. The predicted molar refractivity (Wildman–Crippen MR) is 95.7 cm³/mol. The number of hydrogen-bond acceptors (Lipinski definition) is 5. The molecule has 0 rings (SSSR count). The molecule has 6 heteroatoms. The van der Waals surface area contributed by atoms with E-state index in [0.717, 1.165) is 50.7 Å². The van der Waals surface area contributed by atoms with Gasteiger partial charge in [0.15, 0.2) is 0 Å². The third-order valence-electron chi connectivity index (χ3n) is 2.59. The smallest absolute Gasteiger partial charge is 0.220 e. The lowest BCUT2D eigenvalue weighted by molar-refractivity contribution is -0.121. The van der Waals surface area contributed by atoms with Gasteiger partial charge in [0.2, 0.25) is 5.91 Å². The average molecular weight is 335 g/mol. The van der Waals surface area contributed by atoms with Crippen LogP contribution in [0.5, 0.6) is 0 Å². The molecule has 0 aliphatic rings. The van der Waals surface area contributed by atoms with Gasteiger partial charge in [0.05, 0.1) is 0 Å². The van der Waals surface area contributed by atoms with E-state index in [0.29, 0.717) is 13.0 Å². The minimum atomic E-state index is 0.129. The molecule has 4 nitrogen and oxygen atoms in total. The highest BCUT2D eigenvalue weighted by Gasteiger charge is 1.99. The van der Waals surface area contributed by atoms with E-state index in [9.17, 15) is 4.79 Å². The van der Waals surface area contributed by atoms with Crippen molar-refractivity contribution in [3.63, 3.8) is 0 Å². The van der Waals surface area contributed by atoms with Gasteiger partial charge in [-0.25, -0.2) is 0 Å². The molecule has 0 saturated carbocycles. The van der Waals surface area contributed by atoms with E-state index in [4.69, 9.17) is 4.74 Å². The first-order valence-corrected chi connectivity index (χ1v) is 10.2. The lowest BCUT2D eigenvalue weighted by Gasteiger charge is -2.05. The Labute approximate surface area is 137 Å². The highest BCUT2D eigenvalue weighted by atomic mass is 33.1. The van der Waals surface area contributed by atoms with Crippen LogP contribution in [0.25, 0.3) is 0 Å². The maximum Gasteiger partial charge on any atom is 0.220 e. The highest BCUT2D eigenvalue weighted by Crippen LogP contribution is 2.20. The zero-order valence-electron chi connectivity index (χ0n) is 13.4. The van der Waals surface area contributed by atoms with Gasteiger partial charge < -0.3 is 15.4 Å². The molecule has 0 atom stereocenters. The molecule has 2 N–H and O–H groups in total. The van der Waals surface area contributed by atoms with Gasteiger partial charge in [0, 0.05) is 31.9 Å². The Bertz CT molecular complexity index is 264. The Morgan fingerprint density at radius 3 is 2.81 bits per heavy atom. The van der Waals surface area contributed by atoms with E-state index >= 15 is 0 Å². The number of nitrogens with one attached hydrogen (secondary N) is 2. The van der Waals surface area contributed by atoms with Gasteiger partial charge >= 0.3 is 0 Å². The minimum absolute atomic E-state index is 0.129. The van der Waals surface area contributed by atoms with Crippen LogP contribution in [0.1, 0.15) is 39.5 Å². The third-order valence-corrected chi connectivity index (χ3v) is 4.68. The largest absolute Gasteiger partial charge is 0.370 e. The number of rotatable bonds is 15. The summed E-state index contributed by atoms with van der Waals surface area (Å²) in [7, 11) is 3.58. The SMILES string of the molecule is CC/C=C/CNC(=O)CCCCOCSSCCNCC. The molecule has 0 spiro atoms. The van der Waals surface area contributed by atoms with Crippen LogP contribution < -0.4 is 10.6 Å². The second-order valence-corrected chi connectivity index (χ2v) is 6.99. The van der Waals surface area contributed by atoms with Crippen LogP contribution >= 0.6 is 21.6 Å². The molecule has 0 aromatic carbocycles. The van der Waals surface area contributed by atoms with Crippen molar-refractivity contribution in [2.75, 3.05) is 37.9 Å². The maximum atomic E-state index is 11.5. The van der Waals surface area contributed by atoms with Crippen molar-refractivity contribution in [1.82, 2.24) is 10.6 Å². The number of ether oxygens (including phenoxy) is 1. The van der Waals surface area contributed by atoms with Gasteiger partial charge in [-0.2, -0.15) is 0 Å². The van der Waals surface area contributed by atoms with Gasteiger partial charge in [0.1, 0.15) is 5.94 Å². The molecule has 0 fully saturated rings. The first-order valence-electron chi connectivity index (χ1n) is 7.75. The van der Waals surface area contributed by atoms with Crippen molar-refractivity contribution in [3.8, 4) is 0 Å². The van der Waals surface area contributed by atoms with E-state index < -0.39 is 0 Å². The van der Waals surface area contributed by atoms with Crippen LogP contribution in [-0.2, 0) is 9.53 Å². The first-order chi connectivity index (χ1) is 10.3. The predicted octanol–water partition coefficient (Wildman–Crippen LogP) is 3.20. The Balaban J connectivity index is 3.14.